The second kappa shape index (κ2) is 21.5. The maximum Gasteiger partial charge on any atom is 0.0936 e. The predicted octanol–water partition coefficient (Wildman–Crippen LogP) is 6.02. The molecule has 0 N–H and O–H groups in total. The lowest BCUT2D eigenvalue weighted by Crippen LogP contribution is -1.92. The van der Waals surface area contributed by atoms with E-state index in [1.165, 1.54) is 44.7 Å². The van der Waals surface area contributed by atoms with Gasteiger partial charge < -0.3 is 0 Å². The monoisotopic (exact) mass is 476 g/mol. The number of hydrogen-bond acceptors (Lipinski definition) is 10. The Bertz CT molecular complexity index is 194. The Labute approximate surface area is 177 Å². The Morgan fingerprint density at radius 2 is 1.05 bits per heavy atom. The second-order valence-corrected chi connectivity index (χ2v) is 14.9. The third-order valence-electron chi connectivity index (χ3n) is 1.87. The fourth-order valence-electron chi connectivity index (χ4n) is 0.974. The first-order valence-corrected chi connectivity index (χ1v) is 16.0. The average Bonchev–Trinajstić information content (AvgIpc) is 2.48. The minimum atomic E-state index is 0.385. The highest BCUT2D eigenvalue weighted by molar-refractivity contribution is 8.30. The van der Waals surface area contributed by atoms with Crippen LogP contribution in [0.25, 0.3) is 0 Å². The summed E-state index contributed by atoms with van der Waals surface area (Å²) in [5, 5.41) is 4.27. The zero-order valence-electron chi connectivity index (χ0n) is 11.8. The highest BCUT2D eigenvalue weighted by Crippen LogP contribution is 2.28. The molecule has 128 valence electrons. The number of hydrogen-bond donors (Lipinski definition) is 3. The summed E-state index contributed by atoms with van der Waals surface area (Å²) in [5.41, 5.74) is 0. The summed E-state index contributed by atoms with van der Waals surface area (Å²) in [6, 6.07) is 0. The Morgan fingerprint density at radius 1 is 0.571 bits per heavy atom. The molecule has 0 amide bonds. The summed E-state index contributed by atoms with van der Waals surface area (Å²) in [5.74, 6) is 7.48. The van der Waals surface area contributed by atoms with Crippen LogP contribution in [0.3, 0.4) is 0 Å². The molecule has 0 aromatic rings. The molecule has 0 aromatic heterocycles. The third kappa shape index (κ3) is 21.5. The van der Waals surface area contributed by atoms with Crippen LogP contribution in [-0.2, 0) is 0 Å². The lowest BCUT2D eigenvalue weighted by molar-refractivity contribution is 1.53. The van der Waals surface area contributed by atoms with Gasteiger partial charge >= 0.3 is 0 Å². The summed E-state index contributed by atoms with van der Waals surface area (Å²) in [7, 11) is 0. The van der Waals surface area contributed by atoms with E-state index in [1.54, 1.807) is 11.8 Å². The van der Waals surface area contributed by atoms with Gasteiger partial charge in [0, 0.05) is 54.9 Å². The molecule has 0 heterocycles. The van der Waals surface area contributed by atoms with Gasteiger partial charge in [0.15, 0.2) is 0 Å². The van der Waals surface area contributed by atoms with Crippen molar-refractivity contribution in [2.24, 2.45) is 0 Å². The van der Waals surface area contributed by atoms with Crippen molar-refractivity contribution in [2.75, 3.05) is 54.9 Å². The van der Waals surface area contributed by atoms with Gasteiger partial charge in [-0.25, -0.2) is 0 Å². The Morgan fingerprint density at radius 3 is 1.52 bits per heavy atom. The number of rotatable bonds is 17. The van der Waals surface area contributed by atoms with Gasteiger partial charge in [0.2, 0.25) is 0 Å². The zero-order valence-corrected chi connectivity index (χ0v) is 20.2. The van der Waals surface area contributed by atoms with E-state index in [0.717, 1.165) is 10.2 Å². The highest BCUT2D eigenvalue weighted by Gasteiger charge is 2.01. The van der Waals surface area contributed by atoms with Crippen LogP contribution in [0.15, 0.2) is 0 Å². The molecule has 21 heavy (non-hydrogen) atoms. The van der Waals surface area contributed by atoms with Gasteiger partial charge in [0.05, 0.1) is 3.91 Å². The molecule has 10 heteroatoms. The van der Waals surface area contributed by atoms with Gasteiger partial charge in [-0.15, -0.1) is 23.5 Å². The third-order valence-corrected chi connectivity index (χ3v) is 11.8. The Balaban J connectivity index is 2.99. The lowest BCUT2D eigenvalue weighted by Gasteiger charge is -2.07. The molecular weight excluding hydrogens is 453 g/mol. The van der Waals surface area contributed by atoms with E-state index in [2.05, 4.69) is 73.2 Å². The molecule has 0 radical (unpaired) electrons. The molecule has 0 aromatic carbocycles. The normalized spacial score (nSPS) is 12.7. The summed E-state index contributed by atoms with van der Waals surface area (Å²) in [4.78, 5) is 0. The van der Waals surface area contributed by atoms with E-state index >= 15 is 0 Å². The van der Waals surface area contributed by atoms with E-state index in [0.29, 0.717) is 3.91 Å². The summed E-state index contributed by atoms with van der Waals surface area (Å²) in [6.45, 7) is 0. The van der Waals surface area contributed by atoms with Crippen molar-refractivity contribution < 1.29 is 0 Å². The molecule has 0 fully saturated rings. The summed E-state index contributed by atoms with van der Waals surface area (Å²) < 4.78 is 0.385. The van der Waals surface area contributed by atoms with Crippen LogP contribution in [0, 0.1) is 0 Å². The van der Waals surface area contributed by atoms with Crippen LogP contribution in [0.2, 0.25) is 0 Å². The van der Waals surface area contributed by atoms with Crippen molar-refractivity contribution in [1.82, 2.24) is 0 Å². The van der Waals surface area contributed by atoms with Gasteiger partial charge in [-0.2, -0.15) is 96.7 Å². The van der Waals surface area contributed by atoms with Crippen molar-refractivity contribution in [3.63, 3.8) is 0 Å². The van der Waals surface area contributed by atoms with Gasteiger partial charge in [0.1, 0.15) is 0 Å². The van der Waals surface area contributed by atoms with E-state index in [4.69, 9.17) is 0 Å². The fraction of sp³-hybridized carbons (Fsp3) is 1.00. The van der Waals surface area contributed by atoms with Crippen molar-refractivity contribution >= 4 is 120 Å². The van der Waals surface area contributed by atoms with Crippen molar-refractivity contribution in [1.29, 1.82) is 0 Å². The van der Waals surface area contributed by atoms with Crippen LogP contribution in [-0.4, -0.2) is 58.8 Å². The first-order chi connectivity index (χ1) is 10.3. The topological polar surface area (TPSA) is 0 Å². The number of thiol groups is 3. The molecule has 0 nitrogen and oxygen atoms in total. The molecule has 0 aliphatic rings. The molecule has 0 saturated heterocycles. The van der Waals surface area contributed by atoms with E-state index in [-0.39, 0.29) is 0 Å². The second-order valence-electron chi connectivity index (χ2n) is 3.38. The minimum absolute atomic E-state index is 0.385. The van der Waals surface area contributed by atoms with Crippen LogP contribution < -0.4 is 0 Å². The SMILES string of the molecule is SCSCCSCSCCSCSCCSC(S)SCS. The molecule has 0 bridgehead atoms. The fourth-order valence-corrected chi connectivity index (χ4v) is 9.91. The van der Waals surface area contributed by atoms with Crippen LogP contribution in [0.1, 0.15) is 0 Å². The van der Waals surface area contributed by atoms with Crippen LogP contribution in [0.4, 0.5) is 0 Å². The highest BCUT2D eigenvalue weighted by atomic mass is 32.3. The predicted molar refractivity (Wildman–Crippen MR) is 133 cm³/mol. The maximum atomic E-state index is 4.48. The largest absolute Gasteiger partial charge is 0.168 e. The molecular formula is C11H24S10. The van der Waals surface area contributed by atoms with E-state index in [9.17, 15) is 0 Å². The lowest BCUT2D eigenvalue weighted by atomic mass is 11.0. The summed E-state index contributed by atoms with van der Waals surface area (Å²) >= 11 is 26.7. The molecule has 0 aliphatic heterocycles. The molecule has 0 saturated carbocycles. The molecule has 0 spiro atoms. The zero-order chi connectivity index (χ0) is 15.6. The standard InChI is InChI=1S/C11H24S10/c12-7-15-1-2-16-9-17-3-4-18-10-19-5-6-20-11(14)21-8-13/h11-14H,1-10H2. The molecule has 1 atom stereocenters. The smallest absolute Gasteiger partial charge is 0.0936 e. The number of thioether (sulfide) groups is 7. The van der Waals surface area contributed by atoms with Crippen molar-refractivity contribution in [2.45, 2.75) is 3.91 Å². The maximum absolute atomic E-state index is 4.48. The van der Waals surface area contributed by atoms with E-state index < -0.39 is 0 Å². The minimum Gasteiger partial charge on any atom is -0.168 e. The molecule has 0 rings (SSSR count). The van der Waals surface area contributed by atoms with E-state index in [1.807, 2.05) is 35.3 Å². The van der Waals surface area contributed by atoms with Crippen LogP contribution in [0.5, 0.6) is 0 Å². The Kier molecular flexibility index (Phi) is 25.1. The first kappa shape index (κ1) is 24.5. The first-order valence-electron chi connectivity index (χ1n) is 6.33. The van der Waals surface area contributed by atoms with Crippen LogP contribution >= 0.6 is 120 Å². The summed E-state index contributed by atoms with van der Waals surface area (Å²) in [6.07, 6.45) is 0. The quantitative estimate of drug-likeness (QED) is 0.132. The van der Waals surface area contributed by atoms with Gasteiger partial charge in [0.25, 0.3) is 0 Å². The van der Waals surface area contributed by atoms with Gasteiger partial charge in [-0.3, -0.25) is 0 Å². The molecule has 0 aliphatic carbocycles. The van der Waals surface area contributed by atoms with Crippen molar-refractivity contribution in [3.8, 4) is 0 Å². The molecule has 1 unspecified atom stereocenters. The Hall–Kier alpha value is 3.50. The van der Waals surface area contributed by atoms with Crippen molar-refractivity contribution in [3.05, 3.63) is 0 Å². The van der Waals surface area contributed by atoms with Gasteiger partial charge in [-0.05, 0) is 0 Å². The average molecular weight is 477 g/mol. The van der Waals surface area contributed by atoms with Gasteiger partial charge in [-0.1, -0.05) is 0 Å².